The molecule has 26 heavy (non-hydrogen) atoms. The summed E-state index contributed by atoms with van der Waals surface area (Å²) in [4.78, 5) is 12.0. The van der Waals surface area contributed by atoms with Crippen LogP contribution in [0.15, 0.2) is 78.9 Å². The highest BCUT2D eigenvalue weighted by molar-refractivity contribution is 5.72. The molecule has 0 aliphatic carbocycles. The maximum absolute atomic E-state index is 12.0. The monoisotopic (exact) mass is 345 g/mol. The fourth-order valence-corrected chi connectivity index (χ4v) is 2.94. The van der Waals surface area contributed by atoms with Crippen molar-refractivity contribution in [3.63, 3.8) is 0 Å². The standard InChI is InChI=1S/C23H23NO2/c1-18-9-5-7-13-21(18)22-14-8-6-12-20(22)17-24-23(25)26-16-15-19-10-3-2-4-11-19/h2-14H,15-17H2,1H3,(H,24,25). The number of amides is 1. The summed E-state index contributed by atoms with van der Waals surface area (Å²) in [6, 6.07) is 26.4. The van der Waals surface area contributed by atoms with Crippen molar-refractivity contribution in [2.24, 2.45) is 0 Å². The topological polar surface area (TPSA) is 38.3 Å². The molecule has 3 aromatic rings. The van der Waals surface area contributed by atoms with Crippen LogP contribution in [0.5, 0.6) is 0 Å². The Morgan fingerprint density at radius 2 is 1.50 bits per heavy atom. The lowest BCUT2D eigenvalue weighted by atomic mass is 9.96. The van der Waals surface area contributed by atoms with Gasteiger partial charge in [0, 0.05) is 13.0 Å². The molecule has 0 fully saturated rings. The van der Waals surface area contributed by atoms with Crippen molar-refractivity contribution in [2.45, 2.75) is 19.9 Å². The SMILES string of the molecule is Cc1ccccc1-c1ccccc1CNC(=O)OCCc1ccccc1. The zero-order valence-electron chi connectivity index (χ0n) is 14.9. The van der Waals surface area contributed by atoms with Crippen LogP contribution in [0.1, 0.15) is 16.7 Å². The van der Waals surface area contributed by atoms with Gasteiger partial charge in [-0.15, -0.1) is 0 Å². The van der Waals surface area contributed by atoms with E-state index in [1.807, 2.05) is 60.7 Å². The summed E-state index contributed by atoms with van der Waals surface area (Å²) in [5.74, 6) is 0. The molecule has 132 valence electrons. The number of aryl methyl sites for hydroxylation is 1. The van der Waals surface area contributed by atoms with Crippen LogP contribution in [0.25, 0.3) is 11.1 Å². The molecule has 0 atom stereocenters. The van der Waals surface area contributed by atoms with Crippen molar-refractivity contribution in [2.75, 3.05) is 6.61 Å². The first-order valence-corrected chi connectivity index (χ1v) is 8.82. The second-order valence-corrected chi connectivity index (χ2v) is 6.20. The Labute approximate surface area is 154 Å². The molecule has 3 heteroatoms. The van der Waals surface area contributed by atoms with Crippen LogP contribution in [0, 0.1) is 6.92 Å². The summed E-state index contributed by atoms with van der Waals surface area (Å²) < 4.78 is 5.29. The van der Waals surface area contributed by atoms with Crippen molar-refractivity contribution < 1.29 is 9.53 Å². The number of hydrogen-bond donors (Lipinski definition) is 1. The molecule has 0 aliphatic rings. The minimum absolute atomic E-state index is 0.370. The van der Waals surface area contributed by atoms with Gasteiger partial charge in [0.15, 0.2) is 0 Å². The van der Waals surface area contributed by atoms with Gasteiger partial charge in [-0.05, 0) is 34.7 Å². The molecule has 0 spiro atoms. The van der Waals surface area contributed by atoms with Gasteiger partial charge in [-0.25, -0.2) is 4.79 Å². The molecule has 0 saturated heterocycles. The summed E-state index contributed by atoms with van der Waals surface area (Å²) in [5.41, 5.74) is 5.76. The highest BCUT2D eigenvalue weighted by Crippen LogP contribution is 2.26. The van der Waals surface area contributed by atoms with Crippen LogP contribution in [-0.2, 0) is 17.7 Å². The minimum atomic E-state index is -0.388. The van der Waals surface area contributed by atoms with E-state index in [1.54, 1.807) is 0 Å². The van der Waals surface area contributed by atoms with Gasteiger partial charge < -0.3 is 10.1 Å². The summed E-state index contributed by atoms with van der Waals surface area (Å²) in [5, 5.41) is 2.85. The quantitative estimate of drug-likeness (QED) is 0.672. The molecule has 0 aromatic heterocycles. The number of carbonyl (C=O) groups is 1. The summed E-state index contributed by atoms with van der Waals surface area (Å²) in [7, 11) is 0. The molecule has 3 aromatic carbocycles. The van der Waals surface area contributed by atoms with Gasteiger partial charge in [-0.2, -0.15) is 0 Å². The van der Waals surface area contributed by atoms with E-state index in [0.717, 1.165) is 16.7 Å². The fourth-order valence-electron chi connectivity index (χ4n) is 2.94. The third-order valence-electron chi connectivity index (χ3n) is 4.34. The molecule has 0 radical (unpaired) electrons. The van der Waals surface area contributed by atoms with Crippen LogP contribution in [0.2, 0.25) is 0 Å². The second-order valence-electron chi connectivity index (χ2n) is 6.20. The third kappa shape index (κ3) is 4.73. The first-order chi connectivity index (χ1) is 12.7. The summed E-state index contributed by atoms with van der Waals surface area (Å²) >= 11 is 0. The first-order valence-electron chi connectivity index (χ1n) is 8.82. The number of nitrogens with one attached hydrogen (secondary N) is 1. The van der Waals surface area contributed by atoms with Crippen LogP contribution < -0.4 is 5.32 Å². The number of rotatable bonds is 6. The van der Waals surface area contributed by atoms with Crippen molar-refractivity contribution >= 4 is 6.09 Å². The predicted octanol–water partition coefficient (Wildman–Crippen LogP) is 5.13. The molecule has 0 aliphatic heterocycles. The van der Waals surface area contributed by atoms with Crippen molar-refractivity contribution in [3.8, 4) is 11.1 Å². The number of hydrogen-bond acceptors (Lipinski definition) is 2. The number of alkyl carbamates (subject to hydrolysis) is 1. The number of carbonyl (C=O) groups excluding carboxylic acids is 1. The van der Waals surface area contributed by atoms with Crippen LogP contribution in [-0.4, -0.2) is 12.7 Å². The zero-order chi connectivity index (χ0) is 18.2. The molecule has 3 nitrogen and oxygen atoms in total. The molecule has 1 N–H and O–H groups in total. The lowest BCUT2D eigenvalue weighted by molar-refractivity contribution is 0.147. The van der Waals surface area contributed by atoms with Crippen LogP contribution in [0.4, 0.5) is 4.79 Å². The second kappa shape index (κ2) is 8.86. The lowest BCUT2D eigenvalue weighted by Gasteiger charge is -2.13. The Balaban J connectivity index is 1.56. The van der Waals surface area contributed by atoms with Crippen LogP contribution in [0.3, 0.4) is 0 Å². The molecular weight excluding hydrogens is 322 g/mol. The normalized spacial score (nSPS) is 10.3. The van der Waals surface area contributed by atoms with Gasteiger partial charge in [-0.1, -0.05) is 78.9 Å². The van der Waals surface area contributed by atoms with E-state index in [2.05, 4.69) is 30.4 Å². The van der Waals surface area contributed by atoms with Gasteiger partial charge in [0.05, 0.1) is 6.61 Å². The molecule has 0 bridgehead atoms. The van der Waals surface area contributed by atoms with Gasteiger partial charge >= 0.3 is 6.09 Å². The summed E-state index contributed by atoms with van der Waals surface area (Å²) in [6.07, 6.45) is 0.328. The Hall–Kier alpha value is -3.07. The molecule has 0 saturated carbocycles. The molecule has 1 amide bonds. The van der Waals surface area contributed by atoms with E-state index in [0.29, 0.717) is 19.6 Å². The Bertz CT molecular complexity index is 859. The number of benzene rings is 3. The largest absolute Gasteiger partial charge is 0.449 e. The van der Waals surface area contributed by atoms with Crippen molar-refractivity contribution in [3.05, 3.63) is 95.6 Å². The number of ether oxygens (including phenoxy) is 1. The highest BCUT2D eigenvalue weighted by atomic mass is 16.5. The van der Waals surface area contributed by atoms with Gasteiger partial charge in [-0.3, -0.25) is 0 Å². The van der Waals surface area contributed by atoms with E-state index >= 15 is 0 Å². The van der Waals surface area contributed by atoms with Gasteiger partial charge in [0.2, 0.25) is 0 Å². The van der Waals surface area contributed by atoms with E-state index in [-0.39, 0.29) is 6.09 Å². The Morgan fingerprint density at radius 1 is 0.846 bits per heavy atom. The van der Waals surface area contributed by atoms with Gasteiger partial charge in [0.1, 0.15) is 0 Å². The minimum Gasteiger partial charge on any atom is -0.449 e. The smallest absolute Gasteiger partial charge is 0.407 e. The average molecular weight is 345 g/mol. The zero-order valence-corrected chi connectivity index (χ0v) is 14.9. The highest BCUT2D eigenvalue weighted by Gasteiger charge is 2.08. The average Bonchev–Trinajstić information content (AvgIpc) is 2.68. The third-order valence-corrected chi connectivity index (χ3v) is 4.34. The maximum atomic E-state index is 12.0. The van der Waals surface area contributed by atoms with E-state index < -0.39 is 0 Å². The maximum Gasteiger partial charge on any atom is 0.407 e. The first kappa shape index (κ1) is 17.7. The van der Waals surface area contributed by atoms with Crippen molar-refractivity contribution in [1.82, 2.24) is 5.32 Å². The molecule has 3 rings (SSSR count). The van der Waals surface area contributed by atoms with Gasteiger partial charge in [0.25, 0.3) is 0 Å². The van der Waals surface area contributed by atoms with Crippen molar-refractivity contribution in [1.29, 1.82) is 0 Å². The molecular formula is C23H23NO2. The Kier molecular flexibility index (Phi) is 6.05. The van der Waals surface area contributed by atoms with E-state index in [9.17, 15) is 4.79 Å². The molecule has 0 unspecified atom stereocenters. The predicted molar refractivity (Wildman–Crippen MR) is 105 cm³/mol. The lowest BCUT2D eigenvalue weighted by Crippen LogP contribution is -2.24. The fraction of sp³-hybridized carbons (Fsp3) is 0.174. The van der Waals surface area contributed by atoms with E-state index in [1.165, 1.54) is 11.1 Å². The van der Waals surface area contributed by atoms with E-state index in [4.69, 9.17) is 4.74 Å². The Morgan fingerprint density at radius 3 is 2.27 bits per heavy atom. The molecule has 0 heterocycles. The van der Waals surface area contributed by atoms with Crippen LogP contribution >= 0.6 is 0 Å². The summed E-state index contributed by atoms with van der Waals surface area (Å²) in [6.45, 7) is 2.90.